The van der Waals surface area contributed by atoms with Gasteiger partial charge in [0, 0.05) is 0 Å². The number of carbonyl (C=O) groups excluding carboxylic acids is 3. The van der Waals surface area contributed by atoms with Crippen molar-refractivity contribution in [2.24, 2.45) is 0 Å². The van der Waals surface area contributed by atoms with Gasteiger partial charge in [0.25, 0.3) is 0 Å². The van der Waals surface area contributed by atoms with Crippen LogP contribution in [0.1, 0.15) is 21.5 Å². The van der Waals surface area contributed by atoms with Gasteiger partial charge in [0.1, 0.15) is 0 Å². The molecule has 4 aliphatic heterocycles. The molecule has 1 spiro atoms. The molecule has 1 aromatic rings. The van der Waals surface area contributed by atoms with Crippen molar-refractivity contribution in [1.82, 2.24) is 25.8 Å². The zero-order valence-electron chi connectivity index (χ0n) is 20.9. The van der Waals surface area contributed by atoms with E-state index in [1.165, 1.54) is 0 Å². The number of aliphatic hydroxyl groups is 2. The van der Waals surface area contributed by atoms with Crippen LogP contribution in [0.5, 0.6) is 0 Å². The summed E-state index contributed by atoms with van der Waals surface area (Å²) in [5.41, 5.74) is -7.20. The Kier molecular flexibility index (Phi) is 6.81. The largest absolute Gasteiger partial charge is 0.451 e. The van der Waals surface area contributed by atoms with Gasteiger partial charge in [-0.25, -0.2) is 4.79 Å². The molecule has 228 valence electrons. The summed E-state index contributed by atoms with van der Waals surface area (Å²) in [5.74, 6) is -7.47. The van der Waals surface area contributed by atoms with Crippen molar-refractivity contribution in [3.05, 3.63) is 34.9 Å². The van der Waals surface area contributed by atoms with Crippen LogP contribution in [-0.4, -0.2) is 104 Å². The summed E-state index contributed by atoms with van der Waals surface area (Å²) in [5, 5.41) is 47.0. The van der Waals surface area contributed by atoms with Crippen LogP contribution >= 0.6 is 11.8 Å². The highest BCUT2D eigenvalue weighted by molar-refractivity contribution is 8.00. The summed E-state index contributed by atoms with van der Waals surface area (Å²) in [4.78, 5) is 39.5. The van der Waals surface area contributed by atoms with E-state index in [4.69, 9.17) is 15.6 Å². The first-order valence-electron chi connectivity index (χ1n) is 12.0. The zero-order chi connectivity index (χ0) is 31.0. The number of ether oxygens (including phenoxy) is 1. The molecular weight excluding hydrogens is 604 g/mol. The van der Waals surface area contributed by atoms with Crippen molar-refractivity contribution in [2.75, 3.05) is 24.6 Å². The Bertz CT molecular complexity index is 1370. The van der Waals surface area contributed by atoms with E-state index in [9.17, 15) is 50.9 Å². The first-order valence-corrected chi connectivity index (χ1v) is 13.1. The highest BCUT2D eigenvalue weighted by Crippen LogP contribution is 2.45. The molecule has 4 saturated heterocycles. The molecule has 4 fully saturated rings. The van der Waals surface area contributed by atoms with Crippen molar-refractivity contribution in [3.8, 4) is 0 Å². The topological polar surface area (TPSA) is 191 Å². The Hall–Kier alpha value is -3.78. The maximum Gasteiger partial charge on any atom is 0.417 e. The molecule has 42 heavy (non-hydrogen) atoms. The molecule has 0 unspecified atom stereocenters. The van der Waals surface area contributed by atoms with Gasteiger partial charge in [-0.2, -0.15) is 26.3 Å². The number of rotatable bonds is 4. The van der Waals surface area contributed by atoms with Crippen LogP contribution in [0.2, 0.25) is 0 Å². The van der Waals surface area contributed by atoms with E-state index in [2.05, 4.69) is 16.0 Å². The summed E-state index contributed by atoms with van der Waals surface area (Å²) in [6.07, 6.45) is -12.6. The molecule has 1 aromatic carbocycles. The molecule has 4 aliphatic rings. The van der Waals surface area contributed by atoms with Crippen LogP contribution in [0.25, 0.3) is 0 Å². The average molecular weight is 626 g/mol. The van der Waals surface area contributed by atoms with E-state index in [-0.39, 0.29) is 36.2 Å². The highest BCUT2D eigenvalue weighted by atomic mass is 32.2. The molecule has 0 aromatic heterocycles. The van der Waals surface area contributed by atoms with Crippen molar-refractivity contribution >= 4 is 41.5 Å². The van der Waals surface area contributed by atoms with Gasteiger partial charge in [-0.3, -0.25) is 25.3 Å². The molecule has 4 atom stereocenters. The number of amides is 2. The summed E-state index contributed by atoms with van der Waals surface area (Å²) >= 11 is 1.08. The molecule has 0 radical (unpaired) electrons. The van der Waals surface area contributed by atoms with Crippen molar-refractivity contribution < 1.29 is 55.7 Å². The van der Waals surface area contributed by atoms with E-state index in [0.717, 1.165) is 21.6 Å². The molecule has 0 saturated carbocycles. The second-order valence-electron chi connectivity index (χ2n) is 9.87. The third kappa shape index (κ3) is 4.56. The number of nitrogens with one attached hydrogen (secondary N) is 5. The maximum atomic E-state index is 13.6. The number of imide groups is 1. The van der Waals surface area contributed by atoms with Gasteiger partial charge in [0.05, 0.1) is 53.4 Å². The fraction of sp³-hybridized carbons (Fsp3) is 0.500. The SMILES string of the molecule is N=C1N[C@H]2[C@H](CN3C(=O)CSCC3=O)NC(=N)N3C[C@H](OC(=O)c4cc(C(F)(F)F)ccc4C(F)(F)F)C(O)(O)[C@]23N1. The number of hydrogen-bond donors (Lipinski definition) is 7. The standard InChI is InChI=1S/C22H21F6N7O6S/c23-21(24,25)8-1-2-10(22(26,27)28)9(3-8)16(38)41-12-5-35-18(30)31-11(4-34-13(36)6-42-7-14(34)37)15-19(35,20(12,39)40)33-17(29)32-15/h1-3,11-12,15,39-40H,4-7H2,(H2,30,31)(H3,29,32,33)/t11-,12-,15-,19-/m0/s1. The molecule has 5 rings (SSSR count). The van der Waals surface area contributed by atoms with Crippen LogP contribution in [0.4, 0.5) is 26.3 Å². The normalized spacial score (nSPS) is 29.0. The number of nitrogens with zero attached hydrogens (tertiary/aromatic N) is 2. The molecular formula is C22H21F6N7O6S. The third-order valence-electron chi connectivity index (χ3n) is 7.40. The second-order valence-corrected chi connectivity index (χ2v) is 10.9. The molecule has 4 heterocycles. The van der Waals surface area contributed by atoms with Crippen molar-refractivity contribution in [2.45, 2.75) is 42.0 Å². The molecule has 13 nitrogen and oxygen atoms in total. The lowest BCUT2D eigenvalue weighted by molar-refractivity contribution is -0.258. The predicted octanol–water partition coefficient (Wildman–Crippen LogP) is -0.553. The summed E-state index contributed by atoms with van der Waals surface area (Å²) < 4.78 is 85.4. The Morgan fingerprint density at radius 1 is 1.07 bits per heavy atom. The zero-order valence-corrected chi connectivity index (χ0v) is 21.7. The fourth-order valence-electron chi connectivity index (χ4n) is 5.52. The highest BCUT2D eigenvalue weighted by Gasteiger charge is 2.75. The molecule has 7 N–H and O–H groups in total. The first-order chi connectivity index (χ1) is 19.4. The molecule has 0 aliphatic carbocycles. The predicted molar refractivity (Wildman–Crippen MR) is 129 cm³/mol. The van der Waals surface area contributed by atoms with E-state index < -0.39 is 94.9 Å². The molecule has 0 bridgehead atoms. The van der Waals surface area contributed by atoms with Crippen LogP contribution in [0.3, 0.4) is 0 Å². The van der Waals surface area contributed by atoms with Crippen LogP contribution in [0, 0.1) is 10.8 Å². The maximum absolute atomic E-state index is 13.6. The Morgan fingerprint density at radius 2 is 1.71 bits per heavy atom. The van der Waals surface area contributed by atoms with Gasteiger partial charge >= 0.3 is 18.3 Å². The Morgan fingerprint density at radius 3 is 2.31 bits per heavy atom. The first kappa shape index (κ1) is 29.7. The second kappa shape index (κ2) is 9.63. The number of guanidine groups is 2. The van der Waals surface area contributed by atoms with Gasteiger partial charge in [0.2, 0.25) is 17.6 Å². The van der Waals surface area contributed by atoms with Gasteiger partial charge in [-0.15, -0.1) is 11.8 Å². The van der Waals surface area contributed by atoms with E-state index >= 15 is 0 Å². The van der Waals surface area contributed by atoms with Crippen molar-refractivity contribution in [1.29, 1.82) is 10.8 Å². The van der Waals surface area contributed by atoms with Gasteiger partial charge in [0.15, 0.2) is 23.7 Å². The summed E-state index contributed by atoms with van der Waals surface area (Å²) in [6.45, 7) is -1.16. The van der Waals surface area contributed by atoms with E-state index in [1.54, 1.807) is 0 Å². The van der Waals surface area contributed by atoms with Crippen LogP contribution < -0.4 is 16.0 Å². The number of alkyl halides is 6. The summed E-state index contributed by atoms with van der Waals surface area (Å²) in [7, 11) is 0. The van der Waals surface area contributed by atoms with Gasteiger partial charge in [-0.1, -0.05) is 0 Å². The lowest BCUT2D eigenvalue weighted by Gasteiger charge is -2.51. The quantitative estimate of drug-likeness (QED) is 0.0984. The van der Waals surface area contributed by atoms with Gasteiger partial charge < -0.3 is 35.8 Å². The van der Waals surface area contributed by atoms with E-state index in [0.29, 0.717) is 0 Å². The molecule has 2 amide bonds. The van der Waals surface area contributed by atoms with Crippen LogP contribution in [0.15, 0.2) is 18.2 Å². The fourth-order valence-corrected chi connectivity index (χ4v) is 6.28. The molecule has 20 heteroatoms. The third-order valence-corrected chi connectivity index (χ3v) is 8.30. The number of thioether (sulfide) groups is 1. The minimum absolute atomic E-state index is 0.0171. The van der Waals surface area contributed by atoms with Crippen molar-refractivity contribution in [3.63, 3.8) is 0 Å². The summed E-state index contributed by atoms with van der Waals surface area (Å²) in [6, 6.07) is -2.35. The number of hydrogen-bond acceptors (Lipinski definition) is 9. The number of carbonyl (C=O) groups is 3. The minimum Gasteiger partial charge on any atom is -0.451 e. The lowest BCUT2D eigenvalue weighted by Crippen LogP contribution is -2.81. The van der Waals surface area contributed by atoms with Gasteiger partial charge in [-0.05, 0) is 18.2 Å². The average Bonchev–Trinajstić information content (AvgIpc) is 3.34. The monoisotopic (exact) mass is 625 g/mol. The number of benzene rings is 1. The Labute approximate surface area is 235 Å². The van der Waals surface area contributed by atoms with E-state index in [1.807, 2.05) is 0 Å². The number of halogens is 6. The van der Waals surface area contributed by atoms with Crippen LogP contribution in [-0.2, 0) is 26.7 Å². The minimum atomic E-state index is -5.28. The smallest absolute Gasteiger partial charge is 0.417 e. The Balaban J connectivity index is 1.48. The number of esters is 1. The lowest BCUT2D eigenvalue weighted by atomic mass is 9.85.